The zero-order chi connectivity index (χ0) is 7.44. The van der Waals surface area contributed by atoms with Crippen LogP contribution in [-0.4, -0.2) is 17.3 Å². The van der Waals surface area contributed by atoms with E-state index >= 15 is 0 Å². The second-order valence-electron chi connectivity index (χ2n) is 2.99. The minimum absolute atomic E-state index is 0.144. The van der Waals surface area contributed by atoms with Gasteiger partial charge in [-0.15, -0.1) is 0 Å². The highest BCUT2D eigenvalue weighted by atomic mass is 16.3. The first-order valence-electron chi connectivity index (χ1n) is 3.47. The van der Waals surface area contributed by atoms with Gasteiger partial charge in [0.1, 0.15) is 0 Å². The summed E-state index contributed by atoms with van der Waals surface area (Å²) in [5.74, 6) is 0.472. The van der Waals surface area contributed by atoms with Crippen molar-refractivity contribution in [3.8, 4) is 0 Å². The van der Waals surface area contributed by atoms with Gasteiger partial charge in [0.05, 0.1) is 6.10 Å². The molecule has 0 aromatic carbocycles. The van der Waals surface area contributed by atoms with Crippen molar-refractivity contribution >= 4 is 0 Å². The molecule has 0 saturated carbocycles. The second kappa shape index (κ2) is 3.85. The van der Waals surface area contributed by atoms with Crippen LogP contribution in [0, 0.1) is 5.92 Å². The third kappa shape index (κ3) is 4.43. The van der Waals surface area contributed by atoms with Crippen LogP contribution in [0.4, 0.5) is 0 Å². The lowest BCUT2D eigenvalue weighted by molar-refractivity contribution is 0.166. The molecule has 0 rings (SSSR count). The molecule has 2 atom stereocenters. The Kier molecular flexibility index (Phi) is 3.82. The van der Waals surface area contributed by atoms with E-state index in [0.717, 1.165) is 0 Å². The lowest BCUT2D eigenvalue weighted by Crippen LogP contribution is -2.29. The molecule has 0 aromatic heterocycles. The van der Waals surface area contributed by atoms with E-state index in [-0.39, 0.29) is 12.1 Å². The molecule has 0 fully saturated rings. The van der Waals surface area contributed by atoms with Gasteiger partial charge in [0.25, 0.3) is 0 Å². The Morgan fingerprint density at radius 3 is 1.89 bits per heavy atom. The first-order valence-corrected chi connectivity index (χ1v) is 3.47. The summed E-state index contributed by atoms with van der Waals surface area (Å²) in [5, 5.41) is 8.89. The van der Waals surface area contributed by atoms with Crippen LogP contribution in [-0.2, 0) is 0 Å². The van der Waals surface area contributed by atoms with Crippen molar-refractivity contribution in [3.05, 3.63) is 0 Å². The third-order valence-corrected chi connectivity index (χ3v) is 1.47. The van der Waals surface area contributed by atoms with Crippen molar-refractivity contribution in [1.82, 2.24) is 0 Å². The lowest BCUT2D eigenvalue weighted by atomic mass is 10.00. The molecule has 0 aromatic rings. The van der Waals surface area contributed by atoms with Gasteiger partial charge in [0.2, 0.25) is 0 Å². The first-order chi connectivity index (χ1) is 4.04. The summed E-state index contributed by atoms with van der Waals surface area (Å²) in [6, 6.07) is 0.144. The number of hydrogen-bond donors (Lipinski definition) is 2. The maximum Gasteiger partial charge on any atom is 0.0527 e. The molecule has 0 aliphatic heterocycles. The fraction of sp³-hybridized carbons (Fsp3) is 1.00. The van der Waals surface area contributed by atoms with Crippen LogP contribution < -0.4 is 5.73 Å². The summed E-state index contributed by atoms with van der Waals surface area (Å²) in [5.41, 5.74) is 5.66. The van der Waals surface area contributed by atoms with E-state index in [4.69, 9.17) is 10.8 Å². The molecule has 0 amide bonds. The molecule has 0 spiro atoms. The molecule has 2 unspecified atom stereocenters. The fourth-order valence-electron chi connectivity index (χ4n) is 0.666. The van der Waals surface area contributed by atoms with E-state index < -0.39 is 0 Å². The van der Waals surface area contributed by atoms with Gasteiger partial charge < -0.3 is 10.8 Å². The third-order valence-electron chi connectivity index (χ3n) is 1.47. The minimum atomic E-state index is -0.262. The summed E-state index contributed by atoms with van der Waals surface area (Å²) in [7, 11) is 0. The molecule has 0 bridgehead atoms. The van der Waals surface area contributed by atoms with E-state index in [1.165, 1.54) is 0 Å². The van der Waals surface area contributed by atoms with Gasteiger partial charge in [-0.1, -0.05) is 13.8 Å². The average molecular weight is 131 g/mol. The molecular weight excluding hydrogens is 114 g/mol. The summed E-state index contributed by atoms with van der Waals surface area (Å²) < 4.78 is 0. The molecule has 9 heavy (non-hydrogen) atoms. The number of nitrogens with two attached hydrogens (primary N) is 1. The van der Waals surface area contributed by atoms with Crippen molar-refractivity contribution in [2.75, 3.05) is 0 Å². The number of aliphatic hydroxyl groups excluding tert-OH is 1. The predicted molar refractivity (Wildman–Crippen MR) is 39.1 cm³/mol. The molecule has 3 N–H and O–H groups in total. The molecule has 2 nitrogen and oxygen atoms in total. The van der Waals surface area contributed by atoms with Gasteiger partial charge in [0, 0.05) is 6.04 Å². The monoisotopic (exact) mass is 131 g/mol. The molecule has 0 heterocycles. The minimum Gasteiger partial charge on any atom is -0.393 e. The van der Waals surface area contributed by atoms with Crippen molar-refractivity contribution in [1.29, 1.82) is 0 Å². The summed E-state index contributed by atoms with van der Waals surface area (Å²) >= 11 is 0. The molecule has 0 radical (unpaired) electrons. The predicted octanol–water partition coefficient (Wildman–Crippen LogP) is 0.741. The van der Waals surface area contributed by atoms with Gasteiger partial charge in [-0.2, -0.15) is 0 Å². The van der Waals surface area contributed by atoms with E-state index in [1.807, 2.05) is 0 Å². The van der Waals surface area contributed by atoms with Gasteiger partial charge in [-0.25, -0.2) is 0 Å². The van der Waals surface area contributed by atoms with Crippen LogP contribution in [0.5, 0.6) is 0 Å². The highest BCUT2D eigenvalue weighted by Crippen LogP contribution is 2.04. The molecule has 0 saturated heterocycles. The summed E-state index contributed by atoms with van der Waals surface area (Å²) in [6.45, 7) is 5.89. The van der Waals surface area contributed by atoms with Crippen molar-refractivity contribution < 1.29 is 5.11 Å². The normalized spacial score (nSPS) is 18.0. The van der Waals surface area contributed by atoms with Crippen LogP contribution >= 0.6 is 0 Å². The standard InChI is InChI=1S/C7H17NO/c1-5(2)7(8)4-6(3)9/h5-7,9H,4,8H2,1-3H3. The Bertz CT molecular complexity index is 71.3. The van der Waals surface area contributed by atoms with Gasteiger partial charge in [-0.05, 0) is 19.3 Å². The first kappa shape index (κ1) is 8.92. The Morgan fingerprint density at radius 2 is 1.78 bits per heavy atom. The smallest absolute Gasteiger partial charge is 0.0527 e. The van der Waals surface area contributed by atoms with E-state index in [0.29, 0.717) is 12.3 Å². The van der Waals surface area contributed by atoms with Crippen LogP contribution in [0.3, 0.4) is 0 Å². The molecule has 0 aliphatic rings. The Labute approximate surface area is 57.1 Å². The van der Waals surface area contributed by atoms with E-state index in [9.17, 15) is 0 Å². The number of aliphatic hydroxyl groups is 1. The number of hydrogen-bond acceptors (Lipinski definition) is 2. The zero-order valence-corrected chi connectivity index (χ0v) is 6.46. The van der Waals surface area contributed by atoms with Crippen molar-refractivity contribution in [2.45, 2.75) is 39.3 Å². The van der Waals surface area contributed by atoms with Crippen LogP contribution in [0.1, 0.15) is 27.2 Å². The Hall–Kier alpha value is -0.0800. The van der Waals surface area contributed by atoms with Crippen LogP contribution in [0.2, 0.25) is 0 Å². The fourth-order valence-corrected chi connectivity index (χ4v) is 0.666. The Balaban J connectivity index is 3.38. The SMILES string of the molecule is CC(O)CC(N)C(C)C. The van der Waals surface area contributed by atoms with Gasteiger partial charge in [0.15, 0.2) is 0 Å². The highest BCUT2D eigenvalue weighted by molar-refractivity contribution is 4.67. The van der Waals surface area contributed by atoms with Crippen LogP contribution in [0.25, 0.3) is 0 Å². The van der Waals surface area contributed by atoms with E-state index in [1.54, 1.807) is 6.92 Å². The van der Waals surface area contributed by atoms with Crippen molar-refractivity contribution in [2.24, 2.45) is 11.7 Å². The van der Waals surface area contributed by atoms with Crippen LogP contribution in [0.15, 0.2) is 0 Å². The molecular formula is C7H17NO. The summed E-state index contributed by atoms with van der Waals surface area (Å²) in [6.07, 6.45) is 0.444. The number of rotatable bonds is 3. The highest BCUT2D eigenvalue weighted by Gasteiger charge is 2.09. The van der Waals surface area contributed by atoms with Gasteiger partial charge in [-0.3, -0.25) is 0 Å². The largest absolute Gasteiger partial charge is 0.393 e. The Morgan fingerprint density at radius 1 is 1.33 bits per heavy atom. The quantitative estimate of drug-likeness (QED) is 0.593. The van der Waals surface area contributed by atoms with Gasteiger partial charge >= 0.3 is 0 Å². The molecule has 56 valence electrons. The average Bonchev–Trinajstić information content (AvgIpc) is 1.63. The maximum absolute atomic E-state index is 8.89. The molecule has 2 heteroatoms. The molecule has 0 aliphatic carbocycles. The van der Waals surface area contributed by atoms with Crippen molar-refractivity contribution in [3.63, 3.8) is 0 Å². The second-order valence-corrected chi connectivity index (χ2v) is 2.99. The summed E-state index contributed by atoms with van der Waals surface area (Å²) in [4.78, 5) is 0. The zero-order valence-electron chi connectivity index (χ0n) is 6.46. The maximum atomic E-state index is 8.89. The van der Waals surface area contributed by atoms with E-state index in [2.05, 4.69) is 13.8 Å². The topological polar surface area (TPSA) is 46.2 Å². The lowest BCUT2D eigenvalue weighted by Gasteiger charge is -2.16.